The molecule has 21 heteroatoms. The van der Waals surface area contributed by atoms with Gasteiger partial charge >= 0.3 is 0 Å². The van der Waals surface area contributed by atoms with Crippen LogP contribution in [-0.4, -0.2) is 191 Å². The Hall–Kier alpha value is -2.62. The Balaban J connectivity index is 1.66. The number of unbranched alkanes of at least 4 members (excludes halogenated alkanes) is 3. The molecule has 0 aliphatic carbocycles. The van der Waals surface area contributed by atoms with Crippen molar-refractivity contribution in [1.82, 2.24) is 26.2 Å². The number of ether oxygens (including phenoxy) is 4. The van der Waals surface area contributed by atoms with Crippen molar-refractivity contribution in [2.75, 3.05) is 39.6 Å². The molecular formula is C43H74B3N5O13. The number of hydrogen-bond acceptors (Lipinski definition) is 14. The summed E-state index contributed by atoms with van der Waals surface area (Å²) in [6, 6.07) is -1.84. The van der Waals surface area contributed by atoms with Gasteiger partial charge in [-0.3, -0.25) is 24.0 Å². The van der Waals surface area contributed by atoms with Crippen LogP contribution in [0.4, 0.5) is 0 Å². The molecule has 6 radical (unpaired) electrons. The molecule has 0 saturated carbocycles. The fourth-order valence-electron chi connectivity index (χ4n) is 9.03. The topological polar surface area (TPSA) is 255 Å². The second-order valence-electron chi connectivity index (χ2n) is 17.9. The Morgan fingerprint density at radius 1 is 0.672 bits per heavy atom. The van der Waals surface area contributed by atoms with E-state index in [1.54, 1.807) is 20.8 Å². The summed E-state index contributed by atoms with van der Waals surface area (Å²) < 4.78 is 32.0. The lowest BCUT2D eigenvalue weighted by Gasteiger charge is -2.43. The number of carbonyl (C=O) groups excluding carboxylic acids is 5. The lowest BCUT2D eigenvalue weighted by atomic mass is 9.70. The number of nitrogens with zero attached hydrogens (tertiary/aromatic N) is 1. The molecule has 0 aromatic rings. The largest absolute Gasteiger partial charge is 0.391 e. The fraction of sp³-hybridized carbons (Fsp3) is 0.884. The van der Waals surface area contributed by atoms with Gasteiger partial charge in [0.15, 0.2) is 5.78 Å². The van der Waals surface area contributed by atoms with Crippen LogP contribution in [0.2, 0.25) is 18.9 Å². The second-order valence-corrected chi connectivity index (χ2v) is 17.9. The molecule has 0 aromatic carbocycles. The molecule has 0 bridgehead atoms. The van der Waals surface area contributed by atoms with Crippen molar-refractivity contribution in [3.8, 4) is 0 Å². The smallest absolute Gasteiger partial charge is 0.236 e. The van der Waals surface area contributed by atoms with E-state index in [2.05, 4.69) is 16.0 Å². The van der Waals surface area contributed by atoms with E-state index in [1.807, 2.05) is 0 Å². The van der Waals surface area contributed by atoms with Crippen molar-refractivity contribution < 1.29 is 64.8 Å². The quantitative estimate of drug-likeness (QED) is 0.0304. The summed E-state index contributed by atoms with van der Waals surface area (Å²) in [5.41, 5.74) is 0. The first-order chi connectivity index (χ1) is 30.7. The molecule has 3 fully saturated rings. The van der Waals surface area contributed by atoms with Gasteiger partial charge in [0.2, 0.25) is 23.6 Å². The lowest BCUT2D eigenvalue weighted by Crippen LogP contribution is -2.57. The van der Waals surface area contributed by atoms with E-state index in [9.17, 15) is 44.4 Å². The zero-order valence-electron chi connectivity index (χ0n) is 39.6. The molecule has 0 spiro atoms. The average Bonchev–Trinajstić information content (AvgIpc) is 3.24. The number of ketones is 1. The van der Waals surface area contributed by atoms with Gasteiger partial charge in [0.25, 0.3) is 0 Å². The highest BCUT2D eigenvalue weighted by Gasteiger charge is 2.43. The van der Waals surface area contributed by atoms with Crippen LogP contribution in [0.3, 0.4) is 0 Å². The normalized spacial score (nSPS) is 33.7. The zero-order valence-corrected chi connectivity index (χ0v) is 38.6. The first-order valence-electron chi connectivity index (χ1n) is 23.4. The average molecular weight is 904 g/mol. The van der Waals surface area contributed by atoms with Gasteiger partial charge in [0.1, 0.15) is 8.20 Å². The molecule has 358 valence electrons. The summed E-state index contributed by atoms with van der Waals surface area (Å²) in [4.78, 5) is 65.1. The molecule has 64 heavy (non-hydrogen) atoms. The van der Waals surface area contributed by atoms with Crippen LogP contribution in [0.1, 0.15) is 106 Å². The highest BCUT2D eigenvalue weighted by molar-refractivity contribution is 6.13. The minimum Gasteiger partial charge on any atom is -0.391 e. The molecule has 3 aliphatic rings. The Morgan fingerprint density at radius 2 is 1.08 bits per heavy atom. The van der Waals surface area contributed by atoms with Crippen LogP contribution in [0.25, 0.3) is 0 Å². The minimum atomic E-state index is -0.979. The van der Waals surface area contributed by atoms with E-state index in [1.165, 1.54) is 25.7 Å². The second kappa shape index (κ2) is 27.9. The van der Waals surface area contributed by atoms with Gasteiger partial charge < -0.3 is 65.5 Å². The van der Waals surface area contributed by atoms with E-state index in [0.717, 1.165) is 5.31 Å². The van der Waals surface area contributed by atoms with Crippen LogP contribution < -0.4 is 21.3 Å². The van der Waals surface area contributed by atoms with Crippen molar-refractivity contribution in [1.29, 1.82) is 0 Å². The lowest BCUT2D eigenvalue weighted by molar-refractivity contribution is -0.139. The SMILES string of the molecule is [3H]N(CCCC[C@H]1O[C@H](C)[C@H](O)[C@H]([B])[C@H]1NC(C)=O)CC(=O)N(CCCC[C@@H]1O[C@@H](C)[C@@H](O)[C@@H]([B])[C@@H]1NC(C)=O)CC(=O)C(CCCC[C@H]1O[C@H](C)[C@H](O)[C@H]([B])[C@H]1NC(C)=O)COCO. The van der Waals surface area contributed by atoms with Crippen molar-refractivity contribution in [3.05, 3.63) is 0 Å². The number of aliphatic hydroxyl groups is 4. The monoisotopic (exact) mass is 904 g/mol. The molecular weight excluding hydrogens is 827 g/mol. The third-order valence-electron chi connectivity index (χ3n) is 12.7. The number of carbonyl (C=O) groups is 5. The first kappa shape index (κ1) is 54.0. The predicted octanol–water partition coefficient (Wildman–Crippen LogP) is -0.713. The van der Waals surface area contributed by atoms with Gasteiger partial charge in [-0.05, 0) is 96.1 Å². The summed E-state index contributed by atoms with van der Waals surface area (Å²) >= 11 is 0. The van der Waals surface area contributed by atoms with Gasteiger partial charge in [-0.25, -0.2) is 0 Å². The van der Waals surface area contributed by atoms with Gasteiger partial charge in [-0.15, -0.1) is 0 Å². The molecule has 3 aliphatic heterocycles. The fourth-order valence-corrected chi connectivity index (χ4v) is 9.03. The van der Waals surface area contributed by atoms with Crippen molar-refractivity contribution in [2.45, 2.75) is 196 Å². The van der Waals surface area contributed by atoms with Crippen LogP contribution in [0.15, 0.2) is 0 Å². The Kier molecular flexibility index (Phi) is 23.5. The molecule has 4 amide bonds. The van der Waals surface area contributed by atoms with Gasteiger partial charge in [-0.1, -0.05) is 12.8 Å². The molecule has 18 nitrogen and oxygen atoms in total. The molecule has 0 aromatic heterocycles. The Morgan fingerprint density at radius 3 is 1.48 bits per heavy atom. The highest BCUT2D eigenvalue weighted by atomic mass is 16.6. The van der Waals surface area contributed by atoms with Crippen LogP contribution in [-0.2, 0) is 42.9 Å². The van der Waals surface area contributed by atoms with Crippen LogP contribution >= 0.6 is 0 Å². The molecule has 8 N–H and O–H groups in total. The van der Waals surface area contributed by atoms with Crippen LogP contribution in [0, 0.1) is 5.92 Å². The number of hydrogen-bond donors (Lipinski definition) is 8. The number of aliphatic hydroxyl groups excluding tert-OH is 4. The first-order valence-corrected chi connectivity index (χ1v) is 23.0. The standard InChI is InChI=1S/C43H74B3N5O13/c1-23-41(58)35(44)38(48-26(4)53)31(62-23)14-8-7-13-29(21-61-22-52)30(56)20-51(18-12-10-16-33-40(50-28(6)55)37(46)43(60)25(3)64-33)34(57)19-47-17-11-9-15-32-39(49-27(5)54)36(45)42(59)24(2)63-32/h23-25,29,31-33,35-43,47,52,58-60H,7-22H2,1-6H3,(H,48,53)(H,49,54)(H,50,55)/t23-,24-,25+,29?,31-,32-,33+,35-,36-,37+,38+,39+,40-,41+,42+,43-/m1/s1/i/hT. The highest BCUT2D eigenvalue weighted by Crippen LogP contribution is 2.33. The van der Waals surface area contributed by atoms with Gasteiger partial charge in [-0.2, -0.15) is 0 Å². The summed E-state index contributed by atoms with van der Waals surface area (Å²) in [6.07, 6.45) is -1.04. The van der Waals surface area contributed by atoms with E-state index < -0.39 is 109 Å². The van der Waals surface area contributed by atoms with Gasteiger partial charge in [0.05, 0.1) is 116 Å². The van der Waals surface area contributed by atoms with Crippen molar-refractivity contribution in [3.63, 3.8) is 0 Å². The van der Waals surface area contributed by atoms with E-state index >= 15 is 0 Å². The summed E-state index contributed by atoms with van der Waals surface area (Å²) in [5.74, 6) is -4.55. The molecule has 3 saturated heterocycles. The summed E-state index contributed by atoms with van der Waals surface area (Å²) in [6.45, 7) is 8.33. The maximum Gasteiger partial charge on any atom is 0.236 e. The maximum atomic E-state index is 14.0. The van der Waals surface area contributed by atoms with E-state index in [4.69, 9.17) is 43.9 Å². The molecule has 16 atom stereocenters. The third-order valence-corrected chi connectivity index (χ3v) is 12.7. The molecule has 3 heterocycles. The number of amides is 4. The number of Topliss-reactive ketones (excluding diaryl/α,β-unsaturated/α-hetero) is 1. The maximum absolute atomic E-state index is 14.0. The predicted molar refractivity (Wildman–Crippen MR) is 240 cm³/mol. The summed E-state index contributed by atoms with van der Waals surface area (Å²) in [7, 11) is 18.8. The Labute approximate surface area is 384 Å². The van der Waals surface area contributed by atoms with E-state index in [-0.39, 0.29) is 56.3 Å². The van der Waals surface area contributed by atoms with Gasteiger partial charge in [0, 0.05) is 33.2 Å². The zero-order chi connectivity index (χ0) is 48.5. The molecule has 3 rings (SSSR count). The molecule has 1 unspecified atom stereocenters. The van der Waals surface area contributed by atoms with Crippen molar-refractivity contribution in [2.24, 2.45) is 5.92 Å². The number of rotatable bonds is 26. The third kappa shape index (κ3) is 17.2. The van der Waals surface area contributed by atoms with Crippen LogP contribution in [0.5, 0.6) is 0 Å². The van der Waals surface area contributed by atoms with E-state index in [0.29, 0.717) is 64.2 Å². The summed E-state index contributed by atoms with van der Waals surface area (Å²) in [5, 5.41) is 50.4. The van der Waals surface area contributed by atoms with Crippen molar-refractivity contribution >= 4 is 53.0 Å². The Bertz CT molecular complexity index is 1520. The number of nitrogens with one attached hydrogen (secondary N) is 4. The minimum absolute atomic E-state index is 0.0888.